The van der Waals surface area contributed by atoms with Crippen molar-refractivity contribution in [1.82, 2.24) is 19.5 Å². The largest absolute Gasteiger partial charge is 0.370 e. The van der Waals surface area contributed by atoms with Gasteiger partial charge in [0.2, 0.25) is 0 Å². The highest BCUT2D eigenvalue weighted by Gasteiger charge is 2.06. The first-order valence-corrected chi connectivity index (χ1v) is 6.43. The fourth-order valence-corrected chi connectivity index (χ4v) is 1.78. The predicted molar refractivity (Wildman–Crippen MR) is 71.9 cm³/mol. The summed E-state index contributed by atoms with van der Waals surface area (Å²) < 4.78 is 2.02. The van der Waals surface area contributed by atoms with Gasteiger partial charge in [-0.1, -0.05) is 13.8 Å². The third-order valence-electron chi connectivity index (χ3n) is 2.65. The Hall–Kier alpha value is -1.91. The van der Waals surface area contributed by atoms with Crippen LogP contribution in [0.1, 0.15) is 32.5 Å². The van der Waals surface area contributed by atoms with Gasteiger partial charge in [0.25, 0.3) is 0 Å². The molecule has 0 saturated carbocycles. The van der Waals surface area contributed by atoms with E-state index in [1.807, 2.05) is 23.0 Å². The number of aryl methyl sites for hydroxylation is 1. The molecule has 2 rings (SSSR count). The first-order chi connectivity index (χ1) is 8.85. The quantitative estimate of drug-likeness (QED) is 0.849. The second-order valence-electron chi connectivity index (χ2n) is 4.15. The van der Waals surface area contributed by atoms with Crippen LogP contribution < -0.4 is 5.32 Å². The van der Waals surface area contributed by atoms with Gasteiger partial charge in [-0.15, -0.1) is 0 Å². The summed E-state index contributed by atoms with van der Waals surface area (Å²) >= 11 is 0. The lowest BCUT2D eigenvalue weighted by Gasteiger charge is -2.08. The maximum absolute atomic E-state index is 4.36. The zero-order valence-electron chi connectivity index (χ0n) is 10.9. The fraction of sp³-hybridized carbons (Fsp3) is 0.462. The van der Waals surface area contributed by atoms with E-state index in [2.05, 4.69) is 34.1 Å². The van der Waals surface area contributed by atoms with E-state index in [4.69, 9.17) is 0 Å². The fourth-order valence-electron chi connectivity index (χ4n) is 1.78. The number of nitrogens with zero attached hydrogens (tertiary/aromatic N) is 4. The molecule has 0 bridgehead atoms. The van der Waals surface area contributed by atoms with Gasteiger partial charge in [-0.3, -0.25) is 4.57 Å². The van der Waals surface area contributed by atoms with E-state index in [0.717, 1.165) is 43.3 Å². The number of nitrogens with one attached hydrogen (secondary N) is 1. The van der Waals surface area contributed by atoms with Crippen molar-refractivity contribution in [2.75, 3.05) is 11.9 Å². The predicted octanol–water partition coefficient (Wildman–Crippen LogP) is 2.44. The molecule has 0 aromatic carbocycles. The van der Waals surface area contributed by atoms with Gasteiger partial charge in [0.05, 0.1) is 0 Å². The molecule has 18 heavy (non-hydrogen) atoms. The molecule has 0 unspecified atom stereocenters. The Bertz CT molecular complexity index is 492. The summed E-state index contributed by atoms with van der Waals surface area (Å²) in [5.74, 6) is 2.76. The molecule has 2 aromatic heterocycles. The lowest BCUT2D eigenvalue weighted by atomic mass is 10.3. The van der Waals surface area contributed by atoms with Crippen LogP contribution in [-0.2, 0) is 6.42 Å². The summed E-state index contributed by atoms with van der Waals surface area (Å²) in [6, 6.07) is 1.95. The first-order valence-electron chi connectivity index (χ1n) is 6.43. The molecule has 0 amide bonds. The number of hydrogen-bond acceptors (Lipinski definition) is 4. The van der Waals surface area contributed by atoms with Crippen LogP contribution in [0, 0.1) is 0 Å². The van der Waals surface area contributed by atoms with Gasteiger partial charge in [-0.2, -0.15) is 0 Å². The summed E-state index contributed by atoms with van der Waals surface area (Å²) in [6.45, 7) is 5.19. The number of imidazole rings is 1. The van der Waals surface area contributed by atoms with Crippen LogP contribution in [0.5, 0.6) is 0 Å². The van der Waals surface area contributed by atoms with Crippen LogP contribution in [0.4, 0.5) is 5.82 Å². The highest BCUT2D eigenvalue weighted by molar-refractivity contribution is 5.40. The Morgan fingerprint density at radius 2 is 2.06 bits per heavy atom. The molecule has 0 aliphatic heterocycles. The van der Waals surface area contributed by atoms with Crippen molar-refractivity contribution in [3.63, 3.8) is 0 Å². The van der Waals surface area contributed by atoms with Crippen LogP contribution in [0.3, 0.4) is 0 Å². The average Bonchev–Trinajstić information content (AvgIpc) is 2.85. The minimum Gasteiger partial charge on any atom is -0.370 e. The van der Waals surface area contributed by atoms with E-state index in [1.54, 1.807) is 6.33 Å². The molecule has 0 fully saturated rings. The van der Waals surface area contributed by atoms with E-state index >= 15 is 0 Å². The van der Waals surface area contributed by atoms with Gasteiger partial charge in [0, 0.05) is 31.4 Å². The van der Waals surface area contributed by atoms with Crippen LogP contribution in [0.25, 0.3) is 5.82 Å². The van der Waals surface area contributed by atoms with Gasteiger partial charge < -0.3 is 5.32 Å². The highest BCUT2D eigenvalue weighted by atomic mass is 15.1. The molecular weight excluding hydrogens is 226 g/mol. The monoisotopic (exact) mass is 245 g/mol. The number of hydrogen-bond donors (Lipinski definition) is 1. The molecule has 5 nitrogen and oxygen atoms in total. The van der Waals surface area contributed by atoms with Gasteiger partial charge in [-0.05, 0) is 12.8 Å². The third kappa shape index (κ3) is 2.85. The van der Waals surface area contributed by atoms with Crippen LogP contribution >= 0.6 is 0 Å². The maximum atomic E-state index is 4.36. The van der Waals surface area contributed by atoms with Crippen molar-refractivity contribution in [3.05, 3.63) is 30.6 Å². The summed E-state index contributed by atoms with van der Waals surface area (Å²) in [5, 5.41) is 3.26. The average molecular weight is 245 g/mol. The Balaban J connectivity index is 2.24. The lowest BCUT2D eigenvalue weighted by molar-refractivity contribution is 0.795. The molecule has 0 saturated heterocycles. The topological polar surface area (TPSA) is 55.6 Å². The van der Waals surface area contributed by atoms with Gasteiger partial charge in [0.1, 0.15) is 23.8 Å². The number of anilines is 1. The zero-order valence-corrected chi connectivity index (χ0v) is 10.9. The molecule has 96 valence electrons. The second kappa shape index (κ2) is 6.14. The smallest absolute Gasteiger partial charge is 0.143 e. The van der Waals surface area contributed by atoms with Gasteiger partial charge in [0.15, 0.2) is 0 Å². The Morgan fingerprint density at radius 1 is 1.17 bits per heavy atom. The van der Waals surface area contributed by atoms with E-state index < -0.39 is 0 Å². The molecule has 5 heteroatoms. The molecular formula is C13H19N5. The van der Waals surface area contributed by atoms with Crippen LogP contribution in [0.2, 0.25) is 0 Å². The van der Waals surface area contributed by atoms with Crippen molar-refractivity contribution in [2.45, 2.75) is 33.1 Å². The lowest BCUT2D eigenvalue weighted by Crippen LogP contribution is -2.06. The third-order valence-corrected chi connectivity index (χ3v) is 2.65. The summed E-state index contributed by atoms with van der Waals surface area (Å²) in [7, 11) is 0. The molecule has 0 atom stereocenters. The van der Waals surface area contributed by atoms with Crippen molar-refractivity contribution in [1.29, 1.82) is 0 Å². The van der Waals surface area contributed by atoms with Gasteiger partial charge in [-0.25, -0.2) is 15.0 Å². The van der Waals surface area contributed by atoms with E-state index in [-0.39, 0.29) is 0 Å². The standard InChI is InChI=1S/C13H19N5/c1-3-5-12-15-7-8-18(12)13-9-11(14-6-4-2)16-10-17-13/h7-10H,3-6H2,1-2H3,(H,14,16,17). The molecule has 2 aromatic rings. The molecule has 0 spiro atoms. The second-order valence-corrected chi connectivity index (χ2v) is 4.15. The molecule has 0 aliphatic carbocycles. The SMILES string of the molecule is CCCNc1cc(-n2ccnc2CCC)ncn1. The van der Waals surface area contributed by atoms with Crippen molar-refractivity contribution in [2.24, 2.45) is 0 Å². The highest BCUT2D eigenvalue weighted by Crippen LogP contribution is 2.12. The zero-order chi connectivity index (χ0) is 12.8. The summed E-state index contributed by atoms with van der Waals surface area (Å²) in [5.41, 5.74) is 0. The van der Waals surface area contributed by atoms with E-state index in [1.165, 1.54) is 0 Å². The Labute approximate surface area is 107 Å². The minimum absolute atomic E-state index is 0.859. The van der Waals surface area contributed by atoms with Crippen LogP contribution in [-0.4, -0.2) is 26.1 Å². The van der Waals surface area contributed by atoms with Crippen molar-refractivity contribution in [3.8, 4) is 5.82 Å². The van der Waals surface area contributed by atoms with E-state index in [0.29, 0.717) is 0 Å². The Kier molecular flexibility index (Phi) is 4.28. The first kappa shape index (κ1) is 12.5. The Morgan fingerprint density at radius 3 is 2.83 bits per heavy atom. The molecule has 0 radical (unpaired) electrons. The molecule has 1 N–H and O–H groups in total. The molecule has 0 aliphatic rings. The van der Waals surface area contributed by atoms with Gasteiger partial charge >= 0.3 is 0 Å². The normalized spacial score (nSPS) is 10.6. The number of aromatic nitrogens is 4. The van der Waals surface area contributed by atoms with Crippen LogP contribution in [0.15, 0.2) is 24.8 Å². The summed E-state index contributed by atoms with van der Waals surface area (Å²) in [6.07, 6.45) is 8.44. The minimum atomic E-state index is 0.859. The van der Waals surface area contributed by atoms with Crippen molar-refractivity contribution >= 4 is 5.82 Å². The maximum Gasteiger partial charge on any atom is 0.143 e. The molecule has 2 heterocycles. The van der Waals surface area contributed by atoms with Crippen molar-refractivity contribution < 1.29 is 0 Å². The number of rotatable bonds is 6. The summed E-state index contributed by atoms with van der Waals surface area (Å²) in [4.78, 5) is 12.9. The van der Waals surface area contributed by atoms with E-state index in [9.17, 15) is 0 Å².